The van der Waals surface area contributed by atoms with Crippen LogP contribution in [0.2, 0.25) is 5.02 Å². The summed E-state index contributed by atoms with van der Waals surface area (Å²) in [6.45, 7) is 11.6. The van der Waals surface area contributed by atoms with Gasteiger partial charge < -0.3 is 24.0 Å². The van der Waals surface area contributed by atoms with Crippen molar-refractivity contribution in [2.75, 3.05) is 57.2 Å². The van der Waals surface area contributed by atoms with E-state index in [9.17, 15) is 13.8 Å². The van der Waals surface area contributed by atoms with E-state index >= 15 is 0 Å². The number of benzene rings is 2. The number of allylic oxidation sites excluding steroid dienone is 1. The summed E-state index contributed by atoms with van der Waals surface area (Å²) >= 11 is 6.45. The van der Waals surface area contributed by atoms with Crippen molar-refractivity contribution in [1.29, 1.82) is 0 Å². The molecule has 50 heavy (non-hydrogen) atoms. The molecule has 3 aliphatic heterocycles. The summed E-state index contributed by atoms with van der Waals surface area (Å²) in [6, 6.07) is 11.0. The molecule has 272 valence electrons. The summed E-state index contributed by atoms with van der Waals surface area (Å²) in [4.78, 5) is 31.0. The number of likely N-dealkylation sites (tertiary alicyclic amines) is 1. The minimum Gasteiger partial charge on any atom is -0.490 e. The molecule has 0 aromatic heterocycles. The zero-order valence-corrected chi connectivity index (χ0v) is 31.4. The Labute approximate surface area is 302 Å². The number of nitrogens with one attached hydrogen (secondary N) is 1. The van der Waals surface area contributed by atoms with Crippen molar-refractivity contribution >= 4 is 39.1 Å². The van der Waals surface area contributed by atoms with Crippen molar-refractivity contribution < 1.29 is 28.0 Å². The molecule has 1 saturated heterocycles. The third-order valence-electron chi connectivity index (χ3n) is 10.9. The molecule has 3 amide bonds. The molecule has 1 unspecified atom stereocenters. The van der Waals surface area contributed by atoms with E-state index in [2.05, 4.69) is 52.1 Å². The molecule has 0 radical (unpaired) electrons. The number of methoxy groups -OCH3 is 1. The van der Waals surface area contributed by atoms with Crippen LogP contribution in [0, 0.1) is 17.8 Å². The number of nitrogens with zero attached hydrogens (tertiary/aromatic N) is 3. The SMILES string of the molecule is CCOC1CN(C(=O)NS2(=O)=NC(=O)c3ccc4c(c3)N(C[C@H](C)[C@@H](C)[C@@H](OC)/C=C/C[C@H](C)C2)C[C@@]2(CCCc3cc(Cl)ccc32)CO4)C1. The molecule has 0 saturated carbocycles. The van der Waals surface area contributed by atoms with E-state index in [-0.39, 0.29) is 41.1 Å². The molecule has 2 aromatic carbocycles. The molecular formula is C38H51ClN4O6S. The first-order valence-corrected chi connectivity index (χ1v) is 20.0. The van der Waals surface area contributed by atoms with Crippen LogP contribution in [-0.2, 0) is 31.2 Å². The molecule has 6 rings (SSSR count). The maximum absolute atomic E-state index is 14.4. The van der Waals surface area contributed by atoms with Crippen molar-refractivity contribution in [3.05, 3.63) is 70.3 Å². The Morgan fingerprint density at radius 1 is 1.16 bits per heavy atom. The molecule has 12 heteroatoms. The highest BCUT2D eigenvalue weighted by molar-refractivity contribution is 7.92. The summed E-state index contributed by atoms with van der Waals surface area (Å²) in [7, 11) is -1.75. The van der Waals surface area contributed by atoms with Crippen LogP contribution in [0.3, 0.4) is 0 Å². The molecular weight excluding hydrogens is 676 g/mol. The standard InChI is InChI=1S/C38H51ClN4O6S/c1-6-48-31-20-42(21-31)37(45)41-50(46)22-25(2)9-7-11-34(47-5)27(4)26(3)19-43-23-38(16-8-10-28-17-30(39)13-14-32(28)38)24-49-35-15-12-29(18-33(35)43)36(44)40-50/h7,11-15,17-18,25-27,31,34H,6,8-10,16,19-24H2,1-5H3,(H,40,41,44,45,46)/b11-7+/t25-,26-,27+,34-,38-,50?/m0/s1. The zero-order chi connectivity index (χ0) is 35.6. The summed E-state index contributed by atoms with van der Waals surface area (Å²) in [5.74, 6) is 0.317. The number of anilines is 1. The van der Waals surface area contributed by atoms with Crippen molar-refractivity contribution in [2.45, 2.75) is 71.0 Å². The van der Waals surface area contributed by atoms with Gasteiger partial charge in [0, 0.05) is 42.8 Å². The zero-order valence-electron chi connectivity index (χ0n) is 29.9. The van der Waals surface area contributed by atoms with Gasteiger partial charge in [-0.05, 0) is 91.8 Å². The second kappa shape index (κ2) is 15.2. The number of fused-ring (bicyclic) bond motifs is 3. The molecule has 1 N–H and O–H groups in total. The van der Waals surface area contributed by atoms with Crippen LogP contribution in [-0.4, -0.2) is 85.5 Å². The van der Waals surface area contributed by atoms with Crippen LogP contribution in [0.1, 0.15) is 68.4 Å². The molecule has 3 heterocycles. The Morgan fingerprint density at radius 3 is 2.72 bits per heavy atom. The Kier molecular flexibility index (Phi) is 11.2. The number of carbonyl (C=O) groups excluding carboxylic acids is 2. The fraction of sp³-hybridized carbons (Fsp3) is 0.579. The highest BCUT2D eigenvalue weighted by atomic mass is 35.5. The largest absolute Gasteiger partial charge is 0.490 e. The maximum Gasteiger partial charge on any atom is 0.330 e. The lowest BCUT2D eigenvalue weighted by molar-refractivity contribution is -0.0290. The molecule has 10 nitrogen and oxygen atoms in total. The average Bonchev–Trinajstić information content (AvgIpc) is 3.20. The van der Waals surface area contributed by atoms with Crippen LogP contribution >= 0.6 is 11.6 Å². The number of halogens is 1. The van der Waals surface area contributed by atoms with Gasteiger partial charge in [0.05, 0.1) is 43.3 Å². The molecule has 1 aliphatic carbocycles. The van der Waals surface area contributed by atoms with Gasteiger partial charge in [0.25, 0.3) is 5.91 Å². The van der Waals surface area contributed by atoms with Gasteiger partial charge in [-0.15, -0.1) is 4.36 Å². The topological polar surface area (TPSA) is 110 Å². The van der Waals surface area contributed by atoms with Crippen molar-refractivity contribution in [1.82, 2.24) is 9.62 Å². The van der Waals surface area contributed by atoms with Crippen LogP contribution in [0.5, 0.6) is 5.75 Å². The summed E-state index contributed by atoms with van der Waals surface area (Å²) < 4.78 is 39.6. The Balaban J connectivity index is 1.39. The third-order valence-corrected chi connectivity index (χ3v) is 13.1. The van der Waals surface area contributed by atoms with Gasteiger partial charge in [-0.25, -0.2) is 9.00 Å². The predicted octanol–water partition coefficient (Wildman–Crippen LogP) is 6.65. The number of rotatable bonds is 4. The predicted molar refractivity (Wildman–Crippen MR) is 198 cm³/mol. The van der Waals surface area contributed by atoms with Crippen molar-refractivity contribution in [2.24, 2.45) is 22.1 Å². The minimum absolute atomic E-state index is 0.0211. The van der Waals surface area contributed by atoms with Crippen LogP contribution in [0.25, 0.3) is 0 Å². The highest BCUT2D eigenvalue weighted by Gasteiger charge is 2.42. The monoisotopic (exact) mass is 726 g/mol. The smallest absolute Gasteiger partial charge is 0.330 e. The second-order valence-electron chi connectivity index (χ2n) is 14.7. The molecule has 4 aliphatic rings. The number of carbonyl (C=O) groups is 2. The van der Waals surface area contributed by atoms with Gasteiger partial charge >= 0.3 is 6.03 Å². The Hall–Kier alpha value is -3.12. The fourth-order valence-electron chi connectivity index (χ4n) is 7.89. The Morgan fingerprint density at radius 2 is 1.96 bits per heavy atom. The molecule has 1 fully saturated rings. The van der Waals surface area contributed by atoms with E-state index in [0.717, 1.165) is 30.0 Å². The van der Waals surface area contributed by atoms with E-state index < -0.39 is 21.9 Å². The quantitative estimate of drug-likeness (QED) is 0.352. The van der Waals surface area contributed by atoms with E-state index in [0.29, 0.717) is 57.1 Å². The summed E-state index contributed by atoms with van der Waals surface area (Å²) in [6.07, 6.45) is 7.49. The third kappa shape index (κ3) is 7.86. The lowest BCUT2D eigenvalue weighted by atomic mass is 9.70. The van der Waals surface area contributed by atoms with Gasteiger partial charge in [-0.3, -0.25) is 9.52 Å². The first kappa shape index (κ1) is 36.7. The van der Waals surface area contributed by atoms with Crippen LogP contribution < -0.4 is 14.4 Å². The van der Waals surface area contributed by atoms with Gasteiger partial charge in [-0.1, -0.05) is 50.6 Å². The first-order valence-electron chi connectivity index (χ1n) is 17.9. The van der Waals surface area contributed by atoms with Gasteiger partial charge in [0.15, 0.2) is 0 Å². The second-order valence-corrected chi connectivity index (χ2v) is 17.1. The van der Waals surface area contributed by atoms with Crippen LogP contribution in [0.4, 0.5) is 10.5 Å². The Bertz CT molecular complexity index is 1740. The number of amides is 3. The van der Waals surface area contributed by atoms with Gasteiger partial charge in [0.2, 0.25) is 0 Å². The van der Waals surface area contributed by atoms with Gasteiger partial charge in [0.1, 0.15) is 15.7 Å². The maximum atomic E-state index is 14.4. The van der Waals surface area contributed by atoms with E-state index in [1.54, 1.807) is 13.2 Å². The number of hydrogen-bond donors (Lipinski definition) is 1. The normalized spacial score (nSPS) is 31.1. The fourth-order valence-corrected chi connectivity index (χ4v) is 9.97. The lowest BCUT2D eigenvalue weighted by Gasteiger charge is -2.42. The highest BCUT2D eigenvalue weighted by Crippen LogP contribution is 2.45. The summed E-state index contributed by atoms with van der Waals surface area (Å²) in [5.41, 5.74) is 3.33. The van der Waals surface area contributed by atoms with Crippen molar-refractivity contribution in [3.8, 4) is 5.75 Å². The molecule has 1 spiro atoms. The number of aryl methyl sites for hydroxylation is 1. The van der Waals surface area contributed by atoms with E-state index in [4.69, 9.17) is 25.8 Å². The number of hydrogen-bond acceptors (Lipinski definition) is 7. The van der Waals surface area contributed by atoms with Gasteiger partial charge in [-0.2, -0.15) is 0 Å². The number of ether oxygens (including phenoxy) is 3. The molecule has 2 aromatic rings. The van der Waals surface area contributed by atoms with E-state index in [1.807, 2.05) is 32.0 Å². The van der Waals surface area contributed by atoms with Crippen LogP contribution in [0.15, 0.2) is 52.9 Å². The molecule has 6 atom stereocenters. The van der Waals surface area contributed by atoms with E-state index in [1.165, 1.54) is 16.0 Å². The summed E-state index contributed by atoms with van der Waals surface area (Å²) in [5, 5.41) is 0.735. The number of urea groups is 1. The molecule has 2 bridgehead atoms. The average molecular weight is 727 g/mol. The minimum atomic E-state index is -3.48. The lowest BCUT2D eigenvalue weighted by Crippen LogP contribution is -2.58. The van der Waals surface area contributed by atoms with Crippen molar-refractivity contribution in [3.63, 3.8) is 0 Å². The first-order chi connectivity index (χ1) is 23.9.